The van der Waals surface area contributed by atoms with Crippen molar-refractivity contribution in [3.63, 3.8) is 0 Å². The number of benzene rings is 3. The van der Waals surface area contributed by atoms with E-state index in [9.17, 15) is 9.59 Å². The lowest BCUT2D eigenvalue weighted by Crippen LogP contribution is -2.49. The first-order chi connectivity index (χ1) is 15.5. The number of amides is 2. The fraction of sp³-hybridized carbons (Fsp3) is 0.259. The van der Waals surface area contributed by atoms with Crippen LogP contribution in [0.4, 0.5) is 0 Å². The fourth-order valence-corrected chi connectivity index (χ4v) is 4.01. The van der Waals surface area contributed by atoms with Gasteiger partial charge >= 0.3 is 0 Å². The highest BCUT2D eigenvalue weighted by atomic mass is 35.5. The van der Waals surface area contributed by atoms with Gasteiger partial charge in [0.05, 0.1) is 0 Å². The molecule has 0 saturated carbocycles. The summed E-state index contributed by atoms with van der Waals surface area (Å²) in [4.78, 5) is 28.2. The minimum atomic E-state index is -0.610. The van der Waals surface area contributed by atoms with Crippen LogP contribution in [0.5, 0.6) is 0 Å². The van der Waals surface area contributed by atoms with Gasteiger partial charge in [-0.15, -0.1) is 0 Å². The summed E-state index contributed by atoms with van der Waals surface area (Å²) in [7, 11) is 1.61. The summed E-state index contributed by atoms with van der Waals surface area (Å²) in [6.45, 7) is 2.40. The molecule has 0 bridgehead atoms. The van der Waals surface area contributed by atoms with Crippen LogP contribution >= 0.6 is 11.6 Å². The van der Waals surface area contributed by atoms with E-state index in [1.54, 1.807) is 11.9 Å². The molecule has 32 heavy (non-hydrogen) atoms. The van der Waals surface area contributed by atoms with Crippen molar-refractivity contribution in [1.82, 2.24) is 10.2 Å². The number of hydrogen-bond acceptors (Lipinski definition) is 2. The number of nitrogens with one attached hydrogen (secondary N) is 1. The molecule has 2 amide bonds. The van der Waals surface area contributed by atoms with E-state index in [2.05, 4.69) is 5.32 Å². The maximum Gasteiger partial charge on any atom is 0.242 e. The van der Waals surface area contributed by atoms with Crippen molar-refractivity contribution < 1.29 is 9.59 Å². The number of carbonyl (C=O) groups excluding carboxylic acids is 2. The summed E-state index contributed by atoms with van der Waals surface area (Å²) >= 11 is 6.29. The molecule has 0 fully saturated rings. The summed E-state index contributed by atoms with van der Waals surface area (Å²) in [5.41, 5.74) is 4.06. The molecule has 0 saturated heterocycles. The van der Waals surface area contributed by atoms with Crippen LogP contribution in [-0.2, 0) is 29.0 Å². The van der Waals surface area contributed by atoms with Crippen LogP contribution < -0.4 is 5.32 Å². The largest absolute Gasteiger partial charge is 0.357 e. The summed E-state index contributed by atoms with van der Waals surface area (Å²) in [5, 5.41) is 3.40. The molecule has 5 heteroatoms. The first-order valence-electron chi connectivity index (χ1n) is 10.8. The number of carbonyl (C=O) groups is 2. The molecule has 3 rings (SSSR count). The molecular weight excluding hydrogens is 420 g/mol. The zero-order valence-electron chi connectivity index (χ0n) is 18.6. The summed E-state index contributed by atoms with van der Waals surface area (Å²) < 4.78 is 0. The molecule has 0 aromatic heterocycles. The Morgan fingerprint density at radius 3 is 2.19 bits per heavy atom. The van der Waals surface area contributed by atoms with Gasteiger partial charge in [-0.1, -0.05) is 84.4 Å². The van der Waals surface area contributed by atoms with E-state index >= 15 is 0 Å². The highest BCUT2D eigenvalue weighted by Gasteiger charge is 2.29. The number of hydrogen-bond donors (Lipinski definition) is 1. The van der Waals surface area contributed by atoms with Crippen molar-refractivity contribution in [2.24, 2.45) is 0 Å². The third-order valence-electron chi connectivity index (χ3n) is 5.69. The fourth-order valence-electron chi connectivity index (χ4n) is 3.78. The predicted octanol–water partition coefficient (Wildman–Crippen LogP) is 4.97. The minimum Gasteiger partial charge on any atom is -0.357 e. The van der Waals surface area contributed by atoms with Crippen LogP contribution in [0.1, 0.15) is 28.7 Å². The normalized spacial score (nSPS) is 11.6. The quantitative estimate of drug-likeness (QED) is 0.502. The van der Waals surface area contributed by atoms with Gasteiger partial charge in [0, 0.05) is 31.5 Å². The molecule has 0 spiro atoms. The highest BCUT2D eigenvalue weighted by molar-refractivity contribution is 6.31. The first-order valence-corrected chi connectivity index (χ1v) is 11.2. The molecule has 1 atom stereocenters. The lowest BCUT2D eigenvalue weighted by molar-refractivity contribution is -0.141. The van der Waals surface area contributed by atoms with Crippen molar-refractivity contribution in [2.75, 3.05) is 7.05 Å². The number of rotatable bonds is 9. The Hall–Kier alpha value is -3.11. The number of likely N-dealkylation sites (N-methyl/N-ethyl adjacent to an activating group) is 1. The van der Waals surface area contributed by atoms with Gasteiger partial charge in [0.25, 0.3) is 0 Å². The average Bonchev–Trinajstić information content (AvgIpc) is 2.82. The molecule has 4 nitrogen and oxygen atoms in total. The Labute approximate surface area is 195 Å². The molecule has 1 unspecified atom stereocenters. The van der Waals surface area contributed by atoms with Gasteiger partial charge in [0.1, 0.15) is 6.04 Å². The average molecular weight is 449 g/mol. The van der Waals surface area contributed by atoms with Crippen LogP contribution in [0.25, 0.3) is 0 Å². The molecule has 3 aromatic carbocycles. The Bertz CT molecular complexity index is 1050. The number of aryl methyl sites for hydroxylation is 2. The van der Waals surface area contributed by atoms with E-state index < -0.39 is 6.04 Å². The predicted molar refractivity (Wildman–Crippen MR) is 130 cm³/mol. The summed E-state index contributed by atoms with van der Waals surface area (Å²) in [6, 6.07) is 24.7. The van der Waals surface area contributed by atoms with Crippen LogP contribution in [0.3, 0.4) is 0 Å². The Morgan fingerprint density at radius 2 is 1.53 bits per heavy atom. The van der Waals surface area contributed by atoms with Crippen molar-refractivity contribution >= 4 is 23.4 Å². The van der Waals surface area contributed by atoms with E-state index in [0.29, 0.717) is 24.4 Å². The van der Waals surface area contributed by atoms with Crippen LogP contribution in [-0.4, -0.2) is 29.8 Å². The van der Waals surface area contributed by atoms with Crippen molar-refractivity contribution in [1.29, 1.82) is 0 Å². The second-order valence-corrected chi connectivity index (χ2v) is 8.27. The molecule has 3 aromatic rings. The second kappa shape index (κ2) is 11.5. The molecule has 166 valence electrons. The molecular formula is C27H29ClN2O2. The number of halogens is 1. The number of nitrogens with zero attached hydrogens (tertiary/aromatic N) is 1. The molecule has 1 N–H and O–H groups in total. The van der Waals surface area contributed by atoms with Gasteiger partial charge in [-0.25, -0.2) is 0 Å². The topological polar surface area (TPSA) is 49.4 Å². The monoisotopic (exact) mass is 448 g/mol. The van der Waals surface area contributed by atoms with Crippen molar-refractivity contribution in [3.05, 3.63) is 106 Å². The zero-order chi connectivity index (χ0) is 22.9. The molecule has 0 aliphatic rings. The summed E-state index contributed by atoms with van der Waals surface area (Å²) in [5.74, 6) is -0.244. The zero-order valence-corrected chi connectivity index (χ0v) is 19.3. The lowest BCUT2D eigenvalue weighted by atomic mass is 10.0. The van der Waals surface area contributed by atoms with E-state index in [-0.39, 0.29) is 18.2 Å². The standard InChI is InChI=1S/C27H29ClN2O2/c1-20-10-6-7-14-23(20)19-30(26(31)17-16-22-13-8-9-15-24(22)28)25(27(32)29-2)18-21-11-4-3-5-12-21/h3-15,25H,16-19H2,1-2H3,(H,29,32). The maximum absolute atomic E-state index is 13.5. The van der Waals surface area contributed by atoms with Gasteiger partial charge in [-0.2, -0.15) is 0 Å². The molecule has 0 heterocycles. The third-order valence-corrected chi connectivity index (χ3v) is 6.05. The smallest absolute Gasteiger partial charge is 0.242 e. The van der Waals surface area contributed by atoms with E-state index in [4.69, 9.17) is 11.6 Å². The maximum atomic E-state index is 13.5. The Kier molecular flexibility index (Phi) is 8.46. The van der Waals surface area contributed by atoms with Crippen LogP contribution in [0.2, 0.25) is 5.02 Å². The van der Waals surface area contributed by atoms with Gasteiger partial charge in [0.15, 0.2) is 0 Å². The highest BCUT2D eigenvalue weighted by Crippen LogP contribution is 2.20. The Balaban J connectivity index is 1.89. The van der Waals surface area contributed by atoms with Crippen LogP contribution in [0.15, 0.2) is 78.9 Å². The van der Waals surface area contributed by atoms with Crippen molar-refractivity contribution in [2.45, 2.75) is 38.8 Å². The van der Waals surface area contributed by atoms with Gasteiger partial charge in [0.2, 0.25) is 11.8 Å². The summed E-state index contributed by atoms with van der Waals surface area (Å²) in [6.07, 6.45) is 1.25. The Morgan fingerprint density at radius 1 is 0.906 bits per heavy atom. The van der Waals surface area contributed by atoms with E-state index in [1.807, 2.05) is 85.8 Å². The molecule has 0 aliphatic carbocycles. The lowest BCUT2D eigenvalue weighted by Gasteiger charge is -2.31. The first kappa shape index (κ1) is 23.6. The van der Waals surface area contributed by atoms with E-state index in [0.717, 1.165) is 22.3 Å². The molecule has 0 radical (unpaired) electrons. The third kappa shape index (κ3) is 6.21. The minimum absolute atomic E-state index is 0.0716. The van der Waals surface area contributed by atoms with Gasteiger partial charge < -0.3 is 10.2 Å². The SMILES string of the molecule is CNC(=O)C(Cc1ccccc1)N(Cc1ccccc1C)C(=O)CCc1ccccc1Cl. The van der Waals surface area contributed by atoms with Crippen molar-refractivity contribution in [3.8, 4) is 0 Å². The van der Waals surface area contributed by atoms with Crippen LogP contribution in [0, 0.1) is 6.92 Å². The van der Waals surface area contributed by atoms with Gasteiger partial charge in [-0.3, -0.25) is 9.59 Å². The van der Waals surface area contributed by atoms with E-state index in [1.165, 1.54) is 0 Å². The second-order valence-electron chi connectivity index (χ2n) is 7.86. The van der Waals surface area contributed by atoms with Gasteiger partial charge in [-0.05, 0) is 41.7 Å². The molecule has 0 aliphatic heterocycles.